The lowest BCUT2D eigenvalue weighted by atomic mass is 10.0. The fourth-order valence-corrected chi connectivity index (χ4v) is 2.58. The number of nitrogens with zero attached hydrogens (tertiary/aromatic N) is 1. The molecule has 1 fully saturated rings. The molecule has 0 atom stereocenters. The van der Waals surface area contributed by atoms with Gasteiger partial charge >= 0.3 is 12.1 Å². The quantitative estimate of drug-likeness (QED) is 0.899. The van der Waals surface area contributed by atoms with Crippen LogP contribution in [0.5, 0.6) is 5.75 Å². The lowest BCUT2D eigenvalue weighted by Gasteiger charge is -2.32. The summed E-state index contributed by atoms with van der Waals surface area (Å²) in [5.74, 6) is -1.56. The van der Waals surface area contributed by atoms with Gasteiger partial charge in [-0.05, 0) is 49.9 Å². The van der Waals surface area contributed by atoms with Crippen LogP contribution in [0.4, 0.5) is 13.2 Å². The van der Waals surface area contributed by atoms with Crippen LogP contribution in [0, 0.1) is 13.8 Å². The van der Waals surface area contributed by atoms with E-state index in [1.54, 1.807) is 6.07 Å². The lowest BCUT2D eigenvalue weighted by Crippen LogP contribution is -2.50. The summed E-state index contributed by atoms with van der Waals surface area (Å²) in [6, 6.07) is 4.97. The smallest absolute Gasteiger partial charge is 0.471 e. The van der Waals surface area contributed by atoms with Gasteiger partial charge in [-0.15, -0.1) is 0 Å². The molecule has 1 aromatic carbocycles. The number of hydrogen-bond donors (Lipinski definition) is 1. The van der Waals surface area contributed by atoms with Crippen molar-refractivity contribution in [3.8, 4) is 5.75 Å². The Bertz CT molecular complexity index is 639. The van der Waals surface area contributed by atoms with Gasteiger partial charge in [-0.25, -0.2) is 0 Å². The monoisotopic (exact) mass is 358 g/mol. The molecule has 2 amide bonds. The van der Waals surface area contributed by atoms with Gasteiger partial charge in [-0.1, -0.05) is 6.07 Å². The highest BCUT2D eigenvalue weighted by Gasteiger charge is 2.40. The van der Waals surface area contributed by atoms with Gasteiger partial charge in [0.2, 0.25) is 0 Å². The van der Waals surface area contributed by atoms with E-state index >= 15 is 0 Å². The molecule has 1 saturated heterocycles. The second-order valence-corrected chi connectivity index (χ2v) is 6.16. The first-order valence-corrected chi connectivity index (χ1v) is 8.02. The Morgan fingerprint density at radius 1 is 1.20 bits per heavy atom. The van der Waals surface area contributed by atoms with Gasteiger partial charge in [0, 0.05) is 19.1 Å². The maximum Gasteiger partial charge on any atom is 0.471 e. The van der Waals surface area contributed by atoms with Crippen LogP contribution in [-0.4, -0.2) is 48.6 Å². The molecule has 1 N–H and O–H groups in total. The van der Waals surface area contributed by atoms with Crippen LogP contribution < -0.4 is 10.1 Å². The highest BCUT2D eigenvalue weighted by atomic mass is 19.4. The predicted octanol–water partition coefficient (Wildman–Crippen LogP) is 2.35. The summed E-state index contributed by atoms with van der Waals surface area (Å²) in [6.45, 7) is 4.38. The molecule has 1 heterocycles. The standard InChI is InChI=1S/C17H21F3N2O3/c1-11-3-4-14(9-12(11)2)25-10-15(23)22-7-5-13(6-8-22)21-16(24)17(18,19)20/h3-4,9,13H,5-8,10H2,1-2H3,(H,21,24). The zero-order chi connectivity index (χ0) is 18.6. The predicted molar refractivity (Wildman–Crippen MR) is 85.2 cm³/mol. The molecule has 5 nitrogen and oxygen atoms in total. The summed E-state index contributed by atoms with van der Waals surface area (Å²) in [7, 11) is 0. The van der Waals surface area contributed by atoms with Gasteiger partial charge in [-0.2, -0.15) is 13.2 Å². The largest absolute Gasteiger partial charge is 0.484 e. The average molecular weight is 358 g/mol. The number of nitrogens with one attached hydrogen (secondary N) is 1. The van der Waals surface area contributed by atoms with Crippen molar-refractivity contribution in [1.82, 2.24) is 10.2 Å². The van der Waals surface area contributed by atoms with Crippen LogP contribution in [0.15, 0.2) is 18.2 Å². The first-order chi connectivity index (χ1) is 11.7. The number of carbonyl (C=O) groups excluding carboxylic acids is 2. The van der Waals surface area contributed by atoms with Gasteiger partial charge < -0.3 is 15.0 Å². The molecule has 2 rings (SSSR count). The Morgan fingerprint density at radius 3 is 2.40 bits per heavy atom. The fraction of sp³-hybridized carbons (Fsp3) is 0.529. The molecular formula is C17H21F3N2O3. The Labute approximate surface area is 144 Å². The highest BCUT2D eigenvalue weighted by Crippen LogP contribution is 2.18. The van der Waals surface area contributed by atoms with E-state index in [-0.39, 0.29) is 38.4 Å². The molecule has 0 aliphatic carbocycles. The summed E-state index contributed by atoms with van der Waals surface area (Å²) in [6.07, 6.45) is -4.30. The van der Waals surface area contributed by atoms with E-state index in [1.165, 1.54) is 4.90 Å². The minimum atomic E-state index is -4.88. The average Bonchev–Trinajstić information content (AvgIpc) is 2.55. The van der Waals surface area contributed by atoms with Crippen LogP contribution in [0.3, 0.4) is 0 Å². The van der Waals surface area contributed by atoms with Crippen molar-refractivity contribution in [3.05, 3.63) is 29.3 Å². The Morgan fingerprint density at radius 2 is 1.84 bits per heavy atom. The number of amides is 2. The number of alkyl halides is 3. The van der Waals surface area contributed by atoms with Gasteiger partial charge in [-0.3, -0.25) is 9.59 Å². The van der Waals surface area contributed by atoms with Crippen LogP contribution in [-0.2, 0) is 9.59 Å². The molecule has 0 saturated carbocycles. The molecule has 0 aromatic heterocycles. The maximum absolute atomic E-state index is 12.2. The van der Waals surface area contributed by atoms with E-state index in [9.17, 15) is 22.8 Å². The van der Waals surface area contributed by atoms with Crippen molar-refractivity contribution >= 4 is 11.8 Å². The van der Waals surface area contributed by atoms with Gasteiger partial charge in [0.25, 0.3) is 5.91 Å². The second-order valence-electron chi connectivity index (χ2n) is 6.16. The maximum atomic E-state index is 12.2. The number of rotatable bonds is 4. The van der Waals surface area contributed by atoms with Crippen LogP contribution in [0.25, 0.3) is 0 Å². The molecule has 1 aliphatic rings. The van der Waals surface area contributed by atoms with Crippen molar-refractivity contribution in [2.24, 2.45) is 0 Å². The Hall–Kier alpha value is -2.25. The van der Waals surface area contributed by atoms with Crippen molar-refractivity contribution in [1.29, 1.82) is 0 Å². The minimum absolute atomic E-state index is 0.123. The second kappa shape index (κ2) is 7.76. The number of ether oxygens (including phenoxy) is 1. The Balaban J connectivity index is 1.77. The number of hydrogen-bond acceptors (Lipinski definition) is 3. The number of likely N-dealkylation sites (tertiary alicyclic amines) is 1. The first-order valence-electron chi connectivity index (χ1n) is 8.02. The van der Waals surface area contributed by atoms with Crippen molar-refractivity contribution in [2.75, 3.05) is 19.7 Å². The molecule has 138 valence electrons. The number of carbonyl (C=O) groups is 2. The van der Waals surface area contributed by atoms with E-state index in [2.05, 4.69) is 0 Å². The number of piperidine rings is 1. The van der Waals surface area contributed by atoms with E-state index in [0.29, 0.717) is 5.75 Å². The molecule has 0 radical (unpaired) electrons. The van der Waals surface area contributed by atoms with E-state index < -0.39 is 18.1 Å². The number of halogens is 3. The van der Waals surface area contributed by atoms with Gasteiger partial charge in [0.15, 0.2) is 6.61 Å². The van der Waals surface area contributed by atoms with Gasteiger partial charge in [0.1, 0.15) is 5.75 Å². The number of benzene rings is 1. The molecular weight excluding hydrogens is 337 g/mol. The Kier molecular flexibility index (Phi) is 5.92. The third-order valence-electron chi connectivity index (χ3n) is 4.28. The molecule has 0 unspecified atom stereocenters. The summed E-state index contributed by atoms with van der Waals surface area (Å²) in [5, 5.41) is 1.95. The zero-order valence-electron chi connectivity index (χ0n) is 14.2. The van der Waals surface area contributed by atoms with Crippen molar-refractivity contribution in [2.45, 2.75) is 38.9 Å². The summed E-state index contributed by atoms with van der Waals surface area (Å²) in [5.41, 5.74) is 2.19. The van der Waals surface area contributed by atoms with Gasteiger partial charge in [0.05, 0.1) is 0 Å². The van der Waals surface area contributed by atoms with E-state index in [4.69, 9.17) is 4.74 Å². The molecule has 0 bridgehead atoms. The first kappa shape index (κ1) is 19.1. The van der Waals surface area contributed by atoms with Crippen LogP contribution in [0.2, 0.25) is 0 Å². The zero-order valence-corrected chi connectivity index (χ0v) is 14.2. The molecule has 1 aliphatic heterocycles. The lowest BCUT2D eigenvalue weighted by molar-refractivity contribution is -0.174. The van der Waals surface area contributed by atoms with Crippen LogP contribution in [0.1, 0.15) is 24.0 Å². The molecule has 8 heteroatoms. The summed E-state index contributed by atoms with van der Waals surface area (Å²) < 4.78 is 42.2. The number of aryl methyl sites for hydroxylation is 2. The fourth-order valence-electron chi connectivity index (χ4n) is 2.58. The molecule has 25 heavy (non-hydrogen) atoms. The minimum Gasteiger partial charge on any atom is -0.484 e. The van der Waals surface area contributed by atoms with Crippen molar-refractivity contribution in [3.63, 3.8) is 0 Å². The van der Waals surface area contributed by atoms with Crippen LogP contribution >= 0.6 is 0 Å². The third-order valence-corrected chi connectivity index (χ3v) is 4.28. The highest BCUT2D eigenvalue weighted by molar-refractivity contribution is 5.82. The van der Waals surface area contributed by atoms with E-state index in [0.717, 1.165) is 11.1 Å². The molecule has 0 spiro atoms. The summed E-state index contributed by atoms with van der Waals surface area (Å²) in [4.78, 5) is 24.6. The normalized spacial score (nSPS) is 15.8. The molecule has 1 aromatic rings. The van der Waals surface area contributed by atoms with Crippen molar-refractivity contribution < 1.29 is 27.5 Å². The third kappa shape index (κ3) is 5.37. The van der Waals surface area contributed by atoms with E-state index in [1.807, 2.05) is 31.3 Å². The SMILES string of the molecule is Cc1ccc(OCC(=O)N2CCC(NC(=O)C(F)(F)F)CC2)cc1C. The summed E-state index contributed by atoms with van der Waals surface area (Å²) >= 11 is 0. The topological polar surface area (TPSA) is 58.6 Å².